The molecule has 162 valence electrons. The molecule has 1 fully saturated rings. The molecule has 6 nitrogen and oxygen atoms in total. The van der Waals surface area contributed by atoms with E-state index in [0.717, 1.165) is 35.9 Å². The van der Waals surface area contributed by atoms with Gasteiger partial charge in [-0.05, 0) is 69.0 Å². The zero-order valence-electron chi connectivity index (χ0n) is 18.3. The highest BCUT2D eigenvalue weighted by Crippen LogP contribution is 2.30. The highest BCUT2D eigenvalue weighted by molar-refractivity contribution is 5.95. The monoisotopic (exact) mass is 419 g/mol. The third-order valence-corrected chi connectivity index (χ3v) is 6.32. The molecule has 1 N–H and O–H groups in total. The Hall–Kier alpha value is -3.15. The van der Waals surface area contributed by atoms with Gasteiger partial charge < -0.3 is 14.6 Å². The number of para-hydroxylation sites is 2. The lowest BCUT2D eigenvalue weighted by Crippen LogP contribution is -2.38. The molecule has 1 saturated carbocycles. The molecule has 2 aromatic carbocycles. The maximum Gasteiger partial charge on any atom is 0.253 e. The van der Waals surface area contributed by atoms with Crippen molar-refractivity contribution in [3.63, 3.8) is 0 Å². The van der Waals surface area contributed by atoms with Gasteiger partial charge in [0.05, 0.1) is 0 Å². The molecule has 3 atom stereocenters. The number of amides is 2. The van der Waals surface area contributed by atoms with Crippen LogP contribution in [-0.4, -0.2) is 40.8 Å². The first-order chi connectivity index (χ1) is 15.0. The molecule has 0 bridgehead atoms. The Kier molecular flexibility index (Phi) is 6.07. The summed E-state index contributed by atoms with van der Waals surface area (Å²) >= 11 is 0. The average Bonchev–Trinajstić information content (AvgIpc) is 3.45. The fourth-order valence-corrected chi connectivity index (χ4v) is 4.13. The second-order valence-electron chi connectivity index (χ2n) is 8.46. The zero-order chi connectivity index (χ0) is 22.0. The Balaban J connectivity index is 1.40. The van der Waals surface area contributed by atoms with Crippen LogP contribution in [-0.2, 0) is 4.79 Å². The minimum atomic E-state index is -0.0305. The van der Waals surface area contributed by atoms with Gasteiger partial charge >= 0.3 is 0 Å². The van der Waals surface area contributed by atoms with Gasteiger partial charge in [-0.2, -0.15) is 0 Å². The number of oxazole rings is 1. The number of benzene rings is 2. The second-order valence-corrected chi connectivity index (χ2v) is 8.46. The molecular formula is C25H29N3O3. The van der Waals surface area contributed by atoms with Gasteiger partial charge in [0.25, 0.3) is 5.91 Å². The highest BCUT2D eigenvalue weighted by atomic mass is 16.3. The maximum atomic E-state index is 13.0. The van der Waals surface area contributed by atoms with Crippen LogP contribution in [0, 0.1) is 5.92 Å². The van der Waals surface area contributed by atoms with Crippen molar-refractivity contribution in [2.75, 3.05) is 7.05 Å². The number of hydrogen-bond donors (Lipinski definition) is 1. The summed E-state index contributed by atoms with van der Waals surface area (Å²) in [6.07, 6.45) is 3.30. The van der Waals surface area contributed by atoms with Crippen LogP contribution in [0.25, 0.3) is 22.6 Å². The predicted octanol–water partition coefficient (Wildman–Crippen LogP) is 4.65. The molecule has 1 unspecified atom stereocenters. The molecular weight excluding hydrogens is 390 g/mol. The summed E-state index contributed by atoms with van der Waals surface area (Å²) in [5, 5.41) is 3.07. The highest BCUT2D eigenvalue weighted by Gasteiger charge is 2.34. The summed E-state index contributed by atoms with van der Waals surface area (Å²) in [7, 11) is 1.83. The molecule has 0 spiro atoms. The predicted molar refractivity (Wildman–Crippen MR) is 121 cm³/mol. The van der Waals surface area contributed by atoms with Crippen molar-refractivity contribution in [3.05, 3.63) is 54.1 Å². The first-order valence-electron chi connectivity index (χ1n) is 11.0. The van der Waals surface area contributed by atoms with Gasteiger partial charge in [-0.25, -0.2) is 4.98 Å². The molecule has 4 rings (SSSR count). The molecule has 0 saturated heterocycles. The van der Waals surface area contributed by atoms with Gasteiger partial charge in [-0.1, -0.05) is 19.1 Å². The van der Waals surface area contributed by atoms with Crippen LogP contribution in [0.2, 0.25) is 0 Å². The number of nitrogens with one attached hydrogen (secondary N) is 1. The first-order valence-corrected chi connectivity index (χ1v) is 11.0. The second kappa shape index (κ2) is 8.92. The van der Waals surface area contributed by atoms with Crippen LogP contribution >= 0.6 is 0 Å². The van der Waals surface area contributed by atoms with Crippen molar-refractivity contribution in [3.8, 4) is 11.5 Å². The quantitative estimate of drug-likeness (QED) is 0.631. The standard InChI is InChI=1S/C25H29N3O3/c1-4-16(2)26-23(29)19-13-14-20(15-19)28(3)25(30)18-11-9-17(10-12-18)24-27-21-7-5-6-8-22(21)31-24/h5-12,16,19-20H,4,13-15H2,1-3H3,(H,26,29)/t16-,19+,20?/m1/s1. The smallest absolute Gasteiger partial charge is 0.253 e. The summed E-state index contributed by atoms with van der Waals surface area (Å²) < 4.78 is 5.81. The maximum absolute atomic E-state index is 13.0. The van der Waals surface area contributed by atoms with E-state index in [4.69, 9.17) is 4.42 Å². The van der Waals surface area contributed by atoms with Crippen molar-refractivity contribution in [1.82, 2.24) is 15.2 Å². The Morgan fingerprint density at radius 3 is 2.61 bits per heavy atom. The van der Waals surface area contributed by atoms with E-state index < -0.39 is 0 Å². The largest absolute Gasteiger partial charge is 0.436 e. The molecule has 0 aliphatic heterocycles. The van der Waals surface area contributed by atoms with Gasteiger partial charge in [-0.3, -0.25) is 9.59 Å². The topological polar surface area (TPSA) is 75.4 Å². The fourth-order valence-electron chi connectivity index (χ4n) is 4.13. The molecule has 3 aromatic rings. The third-order valence-electron chi connectivity index (χ3n) is 6.32. The Bertz CT molecular complexity index is 1040. The summed E-state index contributed by atoms with van der Waals surface area (Å²) in [5.41, 5.74) is 3.00. The molecule has 6 heteroatoms. The van der Waals surface area contributed by atoms with E-state index in [2.05, 4.69) is 17.2 Å². The number of carbonyl (C=O) groups excluding carboxylic acids is 2. The van der Waals surface area contributed by atoms with Crippen LogP contribution in [0.3, 0.4) is 0 Å². The first kappa shape index (κ1) is 21.1. The minimum absolute atomic E-state index is 0.0178. The molecule has 0 radical (unpaired) electrons. The number of nitrogens with zero attached hydrogens (tertiary/aromatic N) is 2. The van der Waals surface area contributed by atoms with E-state index in [0.29, 0.717) is 17.9 Å². The van der Waals surface area contributed by atoms with Crippen molar-refractivity contribution >= 4 is 22.9 Å². The van der Waals surface area contributed by atoms with E-state index in [1.807, 2.05) is 62.5 Å². The van der Waals surface area contributed by atoms with E-state index in [-0.39, 0.29) is 29.8 Å². The normalized spacial score (nSPS) is 19.3. The van der Waals surface area contributed by atoms with Crippen LogP contribution in [0.5, 0.6) is 0 Å². The van der Waals surface area contributed by atoms with E-state index >= 15 is 0 Å². The summed E-state index contributed by atoms with van der Waals surface area (Å²) in [4.78, 5) is 31.7. The number of carbonyl (C=O) groups is 2. The minimum Gasteiger partial charge on any atom is -0.436 e. The van der Waals surface area contributed by atoms with Gasteiger partial charge in [0.2, 0.25) is 11.8 Å². The molecule has 1 aliphatic carbocycles. The van der Waals surface area contributed by atoms with Crippen LogP contribution < -0.4 is 5.32 Å². The lowest BCUT2D eigenvalue weighted by atomic mass is 10.1. The number of hydrogen-bond acceptors (Lipinski definition) is 4. The lowest BCUT2D eigenvalue weighted by Gasteiger charge is -2.25. The van der Waals surface area contributed by atoms with E-state index in [1.165, 1.54) is 0 Å². The fraction of sp³-hybridized carbons (Fsp3) is 0.400. The number of aromatic nitrogens is 1. The van der Waals surface area contributed by atoms with Crippen LogP contribution in [0.4, 0.5) is 0 Å². The molecule has 31 heavy (non-hydrogen) atoms. The molecule has 1 aromatic heterocycles. The van der Waals surface area contributed by atoms with E-state index in [1.54, 1.807) is 4.90 Å². The third kappa shape index (κ3) is 4.48. The van der Waals surface area contributed by atoms with Crippen molar-refractivity contribution in [1.29, 1.82) is 0 Å². The summed E-state index contributed by atoms with van der Waals surface area (Å²) in [6, 6.07) is 15.2. The Morgan fingerprint density at radius 1 is 1.16 bits per heavy atom. The van der Waals surface area contributed by atoms with Gasteiger partial charge in [-0.15, -0.1) is 0 Å². The number of fused-ring (bicyclic) bond motifs is 1. The van der Waals surface area contributed by atoms with Gasteiger partial charge in [0, 0.05) is 36.2 Å². The SMILES string of the molecule is CC[C@@H](C)NC(=O)[C@H]1CCC(N(C)C(=O)c2ccc(-c3nc4ccccc4o3)cc2)C1. The summed E-state index contributed by atoms with van der Waals surface area (Å²) in [5.74, 6) is 0.604. The molecule has 1 heterocycles. The molecule has 2 amide bonds. The Labute approximate surface area is 182 Å². The van der Waals surface area contributed by atoms with E-state index in [9.17, 15) is 9.59 Å². The van der Waals surface area contributed by atoms with Crippen molar-refractivity contribution in [2.24, 2.45) is 5.92 Å². The number of rotatable bonds is 6. The van der Waals surface area contributed by atoms with Crippen molar-refractivity contribution < 1.29 is 14.0 Å². The summed E-state index contributed by atoms with van der Waals surface area (Å²) in [6.45, 7) is 4.08. The van der Waals surface area contributed by atoms with Gasteiger partial charge in [0.1, 0.15) is 5.52 Å². The molecule has 1 aliphatic rings. The van der Waals surface area contributed by atoms with Crippen LogP contribution in [0.15, 0.2) is 52.9 Å². The zero-order valence-corrected chi connectivity index (χ0v) is 18.3. The lowest BCUT2D eigenvalue weighted by molar-refractivity contribution is -0.125. The van der Waals surface area contributed by atoms with Gasteiger partial charge in [0.15, 0.2) is 5.58 Å². The average molecular weight is 420 g/mol. The Morgan fingerprint density at radius 2 is 1.90 bits per heavy atom. The van der Waals surface area contributed by atoms with Crippen molar-refractivity contribution in [2.45, 2.75) is 51.6 Å². The van der Waals surface area contributed by atoms with Crippen LogP contribution in [0.1, 0.15) is 49.9 Å².